The zero-order valence-electron chi connectivity index (χ0n) is 19.8. The number of sulfonamides is 1. The summed E-state index contributed by atoms with van der Waals surface area (Å²) in [4.78, 5) is 0. The van der Waals surface area contributed by atoms with Gasteiger partial charge >= 0.3 is 0 Å². The van der Waals surface area contributed by atoms with E-state index in [1.807, 2.05) is 6.07 Å². The minimum atomic E-state index is -3.78. The van der Waals surface area contributed by atoms with Gasteiger partial charge in [0.1, 0.15) is 16.9 Å². The summed E-state index contributed by atoms with van der Waals surface area (Å²) >= 11 is 0. The van der Waals surface area contributed by atoms with Crippen LogP contribution >= 0.6 is 0 Å². The van der Waals surface area contributed by atoms with Gasteiger partial charge in [-0.05, 0) is 50.3 Å². The fourth-order valence-corrected chi connectivity index (χ4v) is 7.87. The molecular weight excluding hydrogens is 476 g/mol. The highest BCUT2D eigenvalue weighted by Gasteiger charge is 2.47. The van der Waals surface area contributed by atoms with Crippen molar-refractivity contribution in [2.24, 2.45) is 0 Å². The second-order valence-corrected chi connectivity index (χ2v) is 12.0. The highest BCUT2D eigenvalue weighted by atomic mass is 32.2. The Balaban J connectivity index is 1.38. The summed E-state index contributed by atoms with van der Waals surface area (Å²) in [5, 5.41) is 10.4. The average Bonchev–Trinajstić information content (AvgIpc) is 3.29. The minimum Gasteiger partial charge on any atom is -0.385 e. The molecule has 2 heterocycles. The summed E-state index contributed by atoms with van der Waals surface area (Å²) in [6.45, 7) is 2.49. The van der Waals surface area contributed by atoms with E-state index in [-0.39, 0.29) is 36.6 Å². The number of hydrogen-bond acceptors (Lipinski definition) is 5. The van der Waals surface area contributed by atoms with Gasteiger partial charge in [-0.3, -0.25) is 0 Å². The number of rotatable bonds is 4. The molecule has 5 rings (SSSR count). The molecule has 2 saturated heterocycles. The van der Waals surface area contributed by atoms with Crippen molar-refractivity contribution >= 4 is 10.0 Å². The summed E-state index contributed by atoms with van der Waals surface area (Å²) in [5.41, 5.74) is -0.997. The van der Waals surface area contributed by atoms with Gasteiger partial charge in [-0.2, -0.15) is 4.31 Å². The Morgan fingerprint density at radius 1 is 1.00 bits per heavy atom. The average molecular weight is 508 g/mol. The zero-order chi connectivity index (χ0) is 24.8. The predicted molar refractivity (Wildman–Crippen MR) is 126 cm³/mol. The normalized spacial score (nSPS) is 27.8. The molecule has 1 saturated carbocycles. The smallest absolute Gasteiger partial charge is 0.221 e. The van der Waals surface area contributed by atoms with Gasteiger partial charge in [0.15, 0.2) is 5.79 Å². The van der Waals surface area contributed by atoms with Crippen LogP contribution in [0.2, 0.25) is 0 Å². The first kappa shape index (κ1) is 24.8. The summed E-state index contributed by atoms with van der Waals surface area (Å²) in [7, 11) is -3.78. The molecule has 0 aromatic heterocycles. The van der Waals surface area contributed by atoms with E-state index in [9.17, 15) is 13.5 Å². The van der Waals surface area contributed by atoms with Gasteiger partial charge in [0.2, 0.25) is 10.0 Å². The lowest BCUT2D eigenvalue weighted by Crippen LogP contribution is -2.45. The first-order valence-corrected chi connectivity index (χ1v) is 13.7. The fourth-order valence-electron chi connectivity index (χ4n) is 5.69. The molecule has 1 aliphatic carbocycles. The monoisotopic (exact) mass is 507 g/mol. The van der Waals surface area contributed by atoms with Crippen molar-refractivity contribution in [1.29, 1.82) is 0 Å². The Morgan fingerprint density at radius 3 is 2.31 bits per heavy atom. The molecule has 1 unspecified atom stereocenters. The number of halogens is 2. The van der Waals surface area contributed by atoms with Crippen LogP contribution in [0.5, 0.6) is 0 Å². The Morgan fingerprint density at radius 2 is 1.66 bits per heavy atom. The molecule has 0 radical (unpaired) electrons. The van der Waals surface area contributed by atoms with Crippen molar-refractivity contribution in [3.63, 3.8) is 0 Å². The maximum absolute atomic E-state index is 15.3. The number of ether oxygens (including phenoxy) is 2. The molecule has 0 amide bonds. The Bertz CT molecular complexity index is 1170. The molecule has 2 aromatic rings. The number of hydrogen-bond donors (Lipinski definition) is 1. The molecule has 6 nitrogen and oxygen atoms in total. The molecule has 190 valence electrons. The van der Waals surface area contributed by atoms with E-state index in [4.69, 9.17) is 9.47 Å². The van der Waals surface area contributed by atoms with Crippen LogP contribution in [0.3, 0.4) is 0 Å². The maximum atomic E-state index is 15.3. The van der Waals surface area contributed by atoms with Gasteiger partial charge in [0.05, 0.1) is 18.8 Å². The zero-order valence-corrected chi connectivity index (χ0v) is 20.6. The highest BCUT2D eigenvalue weighted by Crippen LogP contribution is 2.46. The van der Waals surface area contributed by atoms with Gasteiger partial charge < -0.3 is 14.6 Å². The van der Waals surface area contributed by atoms with Crippen LogP contribution in [0.25, 0.3) is 0 Å². The summed E-state index contributed by atoms with van der Waals surface area (Å²) in [6.07, 6.45) is 2.22. The van der Waals surface area contributed by atoms with E-state index >= 15 is 8.78 Å². The molecule has 3 fully saturated rings. The van der Waals surface area contributed by atoms with E-state index in [2.05, 4.69) is 0 Å². The largest absolute Gasteiger partial charge is 0.385 e. The molecule has 35 heavy (non-hydrogen) atoms. The summed E-state index contributed by atoms with van der Waals surface area (Å²) in [5.74, 6) is -2.21. The summed E-state index contributed by atoms with van der Waals surface area (Å²) < 4.78 is 70.1. The predicted octanol–water partition coefficient (Wildman–Crippen LogP) is 4.52. The molecule has 2 aliphatic heterocycles. The lowest BCUT2D eigenvalue weighted by molar-refractivity contribution is -0.204. The number of benzene rings is 2. The first-order valence-electron chi connectivity index (χ1n) is 12.2. The van der Waals surface area contributed by atoms with Gasteiger partial charge in [0, 0.05) is 36.6 Å². The van der Waals surface area contributed by atoms with Crippen molar-refractivity contribution in [2.45, 2.75) is 74.7 Å². The molecule has 1 spiro atoms. The molecular formula is C26H31F2NO5S. The third-order valence-corrected chi connectivity index (χ3v) is 10.2. The maximum Gasteiger partial charge on any atom is 0.221 e. The van der Waals surface area contributed by atoms with Crippen molar-refractivity contribution in [3.05, 3.63) is 70.8 Å². The second kappa shape index (κ2) is 9.19. The van der Waals surface area contributed by atoms with Crippen molar-refractivity contribution < 1.29 is 31.8 Å². The van der Waals surface area contributed by atoms with Crippen molar-refractivity contribution in [3.8, 4) is 0 Å². The van der Waals surface area contributed by atoms with Crippen LogP contribution in [0.1, 0.15) is 67.4 Å². The highest BCUT2D eigenvalue weighted by molar-refractivity contribution is 7.89. The van der Waals surface area contributed by atoms with E-state index in [0.29, 0.717) is 44.5 Å². The van der Waals surface area contributed by atoms with Crippen LogP contribution in [0.15, 0.2) is 42.5 Å². The van der Waals surface area contributed by atoms with Gasteiger partial charge in [-0.15, -0.1) is 0 Å². The van der Waals surface area contributed by atoms with Gasteiger partial charge in [0.25, 0.3) is 0 Å². The van der Waals surface area contributed by atoms with Crippen LogP contribution in [-0.4, -0.2) is 42.9 Å². The first-order chi connectivity index (χ1) is 16.6. The van der Waals surface area contributed by atoms with E-state index < -0.39 is 38.3 Å². The van der Waals surface area contributed by atoms with Crippen LogP contribution in [0.4, 0.5) is 8.78 Å². The summed E-state index contributed by atoms with van der Waals surface area (Å²) in [6, 6.07) is 10.7. The Kier molecular flexibility index (Phi) is 6.51. The second-order valence-electron chi connectivity index (χ2n) is 9.98. The molecule has 1 N–H and O–H groups in total. The lowest BCUT2D eigenvalue weighted by Gasteiger charge is -2.41. The fraction of sp³-hybridized carbons (Fsp3) is 0.538. The standard InChI is InChI=1S/C26H31F2NO5S/c1-18-7-8-24(19-5-3-2-4-6-19)35(31,32)29(18)17-20-15-23(28)21(16-22(20)27)25(30)9-11-26(12-10-25)33-13-14-34-26/h2-6,15-16,18,24,30H,7-14,17H2,1H3/t18-,24?/m0/s1. The minimum absolute atomic E-state index is 0.0475. The van der Waals surface area contributed by atoms with E-state index in [1.165, 1.54) is 4.31 Å². The topological polar surface area (TPSA) is 76.1 Å². The third-order valence-electron chi connectivity index (χ3n) is 7.81. The van der Waals surface area contributed by atoms with Crippen LogP contribution in [0, 0.1) is 11.6 Å². The molecule has 2 aromatic carbocycles. The number of aliphatic hydroxyl groups is 1. The van der Waals surface area contributed by atoms with Crippen molar-refractivity contribution in [1.82, 2.24) is 4.31 Å². The SMILES string of the molecule is C[C@H]1CCC(c2ccccc2)S(=O)(=O)N1Cc1cc(F)c(C2(O)CCC3(CC2)OCCO3)cc1F. The van der Waals surface area contributed by atoms with E-state index in [1.54, 1.807) is 31.2 Å². The number of nitrogens with zero attached hydrogens (tertiary/aromatic N) is 1. The van der Waals surface area contributed by atoms with E-state index in [0.717, 1.165) is 12.1 Å². The Labute approximate surface area is 204 Å². The quantitative estimate of drug-likeness (QED) is 0.659. The van der Waals surface area contributed by atoms with Gasteiger partial charge in [-0.25, -0.2) is 17.2 Å². The Hall–Kier alpha value is -1.91. The van der Waals surface area contributed by atoms with Crippen LogP contribution in [-0.2, 0) is 31.6 Å². The molecule has 2 atom stereocenters. The lowest BCUT2D eigenvalue weighted by atomic mass is 9.76. The van der Waals surface area contributed by atoms with Crippen molar-refractivity contribution in [2.75, 3.05) is 13.2 Å². The molecule has 0 bridgehead atoms. The third kappa shape index (κ3) is 4.53. The molecule has 9 heteroatoms. The van der Waals surface area contributed by atoms with Crippen LogP contribution < -0.4 is 0 Å². The molecule has 3 aliphatic rings. The van der Waals surface area contributed by atoms with Gasteiger partial charge in [-0.1, -0.05) is 30.3 Å².